The molecule has 4 rings (SSSR count). The van der Waals surface area contributed by atoms with Crippen LogP contribution in [0.4, 0.5) is 0 Å². The number of aliphatic hydroxyl groups excluding tert-OH is 4. The maximum atomic E-state index is 10.7. The van der Waals surface area contributed by atoms with Crippen LogP contribution < -0.4 is 0 Å². The lowest BCUT2D eigenvalue weighted by molar-refractivity contribution is -0.217. The van der Waals surface area contributed by atoms with E-state index in [1.54, 1.807) is 0 Å². The topological polar surface area (TPSA) is 80.9 Å². The highest BCUT2D eigenvalue weighted by Crippen LogP contribution is 2.80. The Balaban J connectivity index is 2.24. The van der Waals surface area contributed by atoms with Gasteiger partial charge < -0.3 is 20.4 Å². The van der Waals surface area contributed by atoms with Crippen molar-refractivity contribution in [3.05, 3.63) is 0 Å². The molecule has 4 N–H and O–H groups in total. The van der Waals surface area contributed by atoms with E-state index in [9.17, 15) is 20.4 Å². The lowest BCUT2D eigenvalue weighted by Crippen LogP contribution is -2.76. The summed E-state index contributed by atoms with van der Waals surface area (Å²) in [5, 5.41) is 41.2. The Hall–Kier alpha value is 0.708. The monoisotopic (exact) mass is 320 g/mol. The predicted octanol–water partition coefficient (Wildman–Crippen LogP) is -5.65. The fourth-order valence-corrected chi connectivity index (χ4v) is 18.1. The van der Waals surface area contributed by atoms with Gasteiger partial charge in [0.2, 0.25) is 0 Å². The molecule has 4 bridgehead atoms. The first-order chi connectivity index (χ1) is 8.03. The SMILES string of the molecule is OC1C2([SiH3])CC3([SiH3])C(O)C1([SiH3])CC([SiH3])(C2O)C3O. The van der Waals surface area contributed by atoms with Gasteiger partial charge in [-0.25, -0.2) is 0 Å². The Bertz CT molecular complexity index is 327. The minimum atomic E-state index is -0.565. The molecular weight excluding hydrogens is 296 g/mol. The smallest absolute Gasteiger partial charge is 0.0635 e. The van der Waals surface area contributed by atoms with Gasteiger partial charge >= 0.3 is 0 Å². The Kier molecular flexibility index (Phi) is 2.51. The summed E-state index contributed by atoms with van der Waals surface area (Å²) in [4.78, 5) is 0. The van der Waals surface area contributed by atoms with Gasteiger partial charge in [-0.05, 0) is 12.8 Å². The molecule has 4 nitrogen and oxygen atoms in total. The van der Waals surface area contributed by atoms with E-state index in [1.807, 2.05) is 0 Å². The number of hydrogen-bond acceptors (Lipinski definition) is 4. The van der Waals surface area contributed by atoms with Crippen molar-refractivity contribution < 1.29 is 20.4 Å². The largest absolute Gasteiger partial charge is 0.392 e. The van der Waals surface area contributed by atoms with Crippen molar-refractivity contribution in [3.8, 4) is 0 Å². The summed E-state index contributed by atoms with van der Waals surface area (Å²) in [7, 11) is 2.93. The maximum Gasteiger partial charge on any atom is 0.0635 e. The van der Waals surface area contributed by atoms with Crippen LogP contribution in [0.15, 0.2) is 0 Å². The van der Waals surface area contributed by atoms with Gasteiger partial charge in [-0.15, -0.1) is 0 Å². The van der Waals surface area contributed by atoms with E-state index in [-0.39, 0.29) is 0 Å². The number of aliphatic hydroxyl groups is 4. The van der Waals surface area contributed by atoms with Crippen LogP contribution in [0.2, 0.25) is 20.2 Å². The first-order valence-corrected chi connectivity index (χ1v) is 10.8. The summed E-state index contributed by atoms with van der Waals surface area (Å²) in [6.07, 6.45) is -1.02. The van der Waals surface area contributed by atoms with Crippen LogP contribution >= 0.6 is 0 Å². The van der Waals surface area contributed by atoms with Crippen molar-refractivity contribution >= 4 is 41.0 Å². The maximum absolute atomic E-state index is 10.7. The van der Waals surface area contributed by atoms with E-state index in [2.05, 4.69) is 0 Å². The summed E-state index contributed by atoms with van der Waals surface area (Å²) >= 11 is 0. The molecule has 0 aliphatic heterocycles. The molecule has 104 valence electrons. The first-order valence-electron chi connectivity index (χ1n) is 6.76. The van der Waals surface area contributed by atoms with Gasteiger partial charge in [0.05, 0.1) is 24.4 Å². The van der Waals surface area contributed by atoms with Gasteiger partial charge in [-0.2, -0.15) is 0 Å². The molecule has 4 saturated carbocycles. The molecule has 4 aliphatic carbocycles. The zero-order chi connectivity index (χ0) is 13.7. The highest BCUT2D eigenvalue weighted by atomic mass is 28.2. The fourth-order valence-electron chi connectivity index (χ4n) is 6.03. The predicted molar refractivity (Wildman–Crippen MR) is 83.8 cm³/mol. The summed E-state index contributed by atoms with van der Waals surface area (Å²) in [6.45, 7) is 0. The Morgan fingerprint density at radius 1 is 0.556 bits per heavy atom. The van der Waals surface area contributed by atoms with Crippen molar-refractivity contribution in [2.45, 2.75) is 57.4 Å². The molecule has 0 aromatic heterocycles. The second-order valence-electron chi connectivity index (χ2n) is 7.99. The highest BCUT2D eigenvalue weighted by molar-refractivity contribution is 6.30. The van der Waals surface area contributed by atoms with Crippen LogP contribution in [0.5, 0.6) is 0 Å². The Labute approximate surface area is 119 Å². The summed E-state index contributed by atoms with van der Waals surface area (Å²) in [6, 6.07) is 0. The Morgan fingerprint density at radius 3 is 0.889 bits per heavy atom. The molecule has 4 fully saturated rings. The normalized spacial score (nSPS) is 71.3. The van der Waals surface area contributed by atoms with E-state index >= 15 is 0 Å². The summed E-state index contributed by atoms with van der Waals surface area (Å²) in [5.41, 5.74) is 0. The van der Waals surface area contributed by atoms with E-state index in [4.69, 9.17) is 0 Å². The molecule has 8 heteroatoms. The van der Waals surface area contributed by atoms with Crippen LogP contribution in [0, 0.1) is 0 Å². The van der Waals surface area contributed by atoms with Crippen LogP contribution in [0.25, 0.3) is 0 Å². The second kappa shape index (κ2) is 3.30. The van der Waals surface area contributed by atoms with Gasteiger partial charge in [-0.3, -0.25) is 0 Å². The molecule has 0 unspecified atom stereocenters. The van der Waals surface area contributed by atoms with E-state index in [0.717, 1.165) is 41.0 Å². The number of rotatable bonds is 0. The molecular formula is C10H24O4Si4. The van der Waals surface area contributed by atoms with Gasteiger partial charge in [0.1, 0.15) is 0 Å². The lowest BCUT2D eigenvalue weighted by Gasteiger charge is -2.75. The van der Waals surface area contributed by atoms with Crippen LogP contribution in [-0.2, 0) is 0 Å². The van der Waals surface area contributed by atoms with E-state index in [0.29, 0.717) is 12.8 Å². The van der Waals surface area contributed by atoms with Crippen molar-refractivity contribution in [2.75, 3.05) is 0 Å². The van der Waals surface area contributed by atoms with Crippen molar-refractivity contribution in [2.24, 2.45) is 0 Å². The average molecular weight is 321 g/mol. The summed E-state index contributed by atoms with van der Waals surface area (Å²) < 4.78 is 0. The molecule has 0 aromatic rings. The minimum Gasteiger partial charge on any atom is -0.392 e. The second-order valence-corrected chi connectivity index (χ2v) is 15.4. The zero-order valence-corrected chi connectivity index (χ0v) is 19.5. The quantitative estimate of drug-likeness (QED) is 0.336. The molecule has 0 radical (unpaired) electrons. The third-order valence-corrected chi connectivity index (χ3v) is 12.3. The van der Waals surface area contributed by atoms with Gasteiger partial charge in [-0.1, -0.05) is 0 Å². The van der Waals surface area contributed by atoms with Crippen molar-refractivity contribution in [1.82, 2.24) is 0 Å². The Morgan fingerprint density at radius 2 is 0.722 bits per heavy atom. The third-order valence-electron chi connectivity index (χ3n) is 6.52. The highest BCUT2D eigenvalue weighted by Gasteiger charge is 2.77. The molecule has 0 amide bonds. The molecule has 0 saturated heterocycles. The first kappa shape index (κ1) is 13.7. The molecule has 0 atom stereocenters. The van der Waals surface area contributed by atoms with Gasteiger partial charge in [0.15, 0.2) is 0 Å². The summed E-state index contributed by atoms with van der Waals surface area (Å²) in [5.74, 6) is 0. The molecule has 0 heterocycles. The third kappa shape index (κ3) is 1.12. The van der Waals surface area contributed by atoms with E-state index in [1.165, 1.54) is 0 Å². The molecule has 0 aromatic carbocycles. The molecule has 4 aliphatic rings. The lowest BCUT2D eigenvalue weighted by atomic mass is 9.48. The standard InChI is InChI=1S/C10H24O4Si4/c11-3-7(15)1-8(16)5(13)9(3,17)2-10(18,4(7)12)6(8)14/h3-6,11-14H,1-2H2,15-18H3. The van der Waals surface area contributed by atoms with Crippen LogP contribution in [0.1, 0.15) is 12.8 Å². The van der Waals surface area contributed by atoms with E-state index < -0.39 is 44.6 Å². The number of hydrogen-bond donors (Lipinski definition) is 4. The zero-order valence-electron chi connectivity index (χ0n) is 11.5. The fraction of sp³-hybridized carbons (Fsp3) is 1.00. The molecule has 18 heavy (non-hydrogen) atoms. The average Bonchev–Trinajstić information content (AvgIpc) is 2.29. The van der Waals surface area contributed by atoms with Gasteiger partial charge in [0, 0.05) is 61.1 Å². The molecule has 0 spiro atoms. The van der Waals surface area contributed by atoms with Crippen molar-refractivity contribution in [1.29, 1.82) is 0 Å². The van der Waals surface area contributed by atoms with Crippen molar-refractivity contribution in [3.63, 3.8) is 0 Å². The van der Waals surface area contributed by atoms with Crippen LogP contribution in [-0.4, -0.2) is 85.8 Å². The minimum absolute atomic E-state index is 0.401. The van der Waals surface area contributed by atoms with Gasteiger partial charge in [0.25, 0.3) is 0 Å². The van der Waals surface area contributed by atoms with Crippen LogP contribution in [0.3, 0.4) is 0 Å².